The van der Waals surface area contributed by atoms with E-state index in [1.54, 1.807) is 12.4 Å². The Labute approximate surface area is 92.7 Å². The number of pyridine rings is 1. The van der Waals surface area contributed by atoms with E-state index in [9.17, 15) is 4.79 Å². The number of aromatic nitrogens is 1. The van der Waals surface area contributed by atoms with E-state index < -0.39 is 0 Å². The minimum Gasteiger partial charge on any atom is -0.324 e. The molecule has 0 bridgehead atoms. The maximum Gasteiger partial charge on any atom is 0.235 e. The fourth-order valence-corrected chi connectivity index (χ4v) is 3.68. The molecule has 0 aromatic carbocycles. The molecular formula is C11H12N2OS. The van der Waals surface area contributed by atoms with E-state index in [-0.39, 0.29) is 11.3 Å². The van der Waals surface area contributed by atoms with Gasteiger partial charge in [-0.15, -0.1) is 0 Å². The molecule has 1 saturated heterocycles. The monoisotopic (exact) mass is 221 g/mol. The van der Waals surface area contributed by atoms with Crippen LogP contribution in [0.1, 0.15) is 18.4 Å². The first-order chi connectivity index (χ1) is 7.33. The Balaban J connectivity index is 2.11. The molecule has 78 valence electrons. The molecule has 1 aromatic rings. The molecule has 0 aliphatic carbocycles. The van der Waals surface area contributed by atoms with Crippen LogP contribution >= 0.6 is 11.8 Å². The minimum absolute atomic E-state index is 0.172. The zero-order valence-corrected chi connectivity index (χ0v) is 9.14. The molecule has 2 aliphatic heterocycles. The van der Waals surface area contributed by atoms with Crippen LogP contribution in [0.25, 0.3) is 0 Å². The van der Waals surface area contributed by atoms with Crippen LogP contribution in [-0.4, -0.2) is 22.4 Å². The third-order valence-corrected chi connectivity index (χ3v) is 4.35. The first-order valence-corrected chi connectivity index (χ1v) is 6.32. The second-order valence-electron chi connectivity index (χ2n) is 4.07. The predicted octanol–water partition coefficient (Wildman–Crippen LogP) is 1.80. The van der Waals surface area contributed by atoms with Crippen molar-refractivity contribution in [3.8, 4) is 0 Å². The van der Waals surface area contributed by atoms with E-state index in [0.717, 1.165) is 35.6 Å². The molecule has 0 unspecified atom stereocenters. The van der Waals surface area contributed by atoms with E-state index in [1.807, 2.05) is 17.8 Å². The Morgan fingerprint density at radius 2 is 2.20 bits per heavy atom. The van der Waals surface area contributed by atoms with Crippen molar-refractivity contribution in [3.05, 3.63) is 24.0 Å². The van der Waals surface area contributed by atoms with Crippen molar-refractivity contribution in [3.63, 3.8) is 0 Å². The Kier molecular flexibility index (Phi) is 1.99. The highest BCUT2D eigenvalue weighted by molar-refractivity contribution is 7.99. The van der Waals surface area contributed by atoms with Crippen LogP contribution in [0.5, 0.6) is 0 Å². The summed E-state index contributed by atoms with van der Waals surface area (Å²) in [6.45, 7) is 0. The Hall–Kier alpha value is -1.03. The summed E-state index contributed by atoms with van der Waals surface area (Å²) in [5, 5.41) is 2.95. The van der Waals surface area contributed by atoms with E-state index in [2.05, 4.69) is 10.3 Å². The lowest BCUT2D eigenvalue weighted by molar-refractivity contribution is -0.121. The van der Waals surface area contributed by atoms with Crippen molar-refractivity contribution >= 4 is 23.4 Å². The molecule has 1 fully saturated rings. The standard InChI is InChI=1S/C11H12N2OS/c14-10-11(2-5-15-6-3-11)8-1-4-12-7-9(8)13-10/h1,4,7H,2-3,5-6H2,(H,13,14)/i7+1. The summed E-state index contributed by atoms with van der Waals surface area (Å²) in [6.07, 6.45) is 5.45. The molecule has 3 nitrogen and oxygen atoms in total. The highest BCUT2D eigenvalue weighted by Gasteiger charge is 2.47. The lowest BCUT2D eigenvalue weighted by Gasteiger charge is -2.30. The van der Waals surface area contributed by atoms with Crippen LogP contribution < -0.4 is 5.32 Å². The van der Waals surface area contributed by atoms with E-state index in [4.69, 9.17) is 0 Å². The molecule has 15 heavy (non-hydrogen) atoms. The molecule has 1 amide bonds. The fraction of sp³-hybridized carbons (Fsp3) is 0.455. The zero-order valence-electron chi connectivity index (χ0n) is 8.32. The molecule has 3 heterocycles. The number of fused-ring (bicyclic) bond motifs is 2. The molecule has 1 spiro atoms. The summed E-state index contributed by atoms with van der Waals surface area (Å²) >= 11 is 1.94. The molecule has 0 radical (unpaired) electrons. The first-order valence-electron chi connectivity index (χ1n) is 5.17. The van der Waals surface area contributed by atoms with E-state index in [1.165, 1.54) is 0 Å². The van der Waals surface area contributed by atoms with Gasteiger partial charge in [0.05, 0.1) is 17.3 Å². The number of hydrogen-bond donors (Lipinski definition) is 1. The normalized spacial score (nSPS) is 22.5. The van der Waals surface area contributed by atoms with Crippen molar-refractivity contribution in [2.45, 2.75) is 18.3 Å². The lowest BCUT2D eigenvalue weighted by atomic mass is 9.77. The van der Waals surface area contributed by atoms with Crippen molar-refractivity contribution < 1.29 is 4.79 Å². The Bertz CT molecular complexity index is 413. The topological polar surface area (TPSA) is 42.0 Å². The van der Waals surface area contributed by atoms with Crippen LogP contribution in [0.3, 0.4) is 0 Å². The SMILES string of the molecule is O=C1Nc2[13cH]nccc2C12CCSCC2. The van der Waals surface area contributed by atoms with Crippen LogP contribution in [0.4, 0.5) is 5.69 Å². The van der Waals surface area contributed by atoms with Gasteiger partial charge in [0.2, 0.25) is 5.91 Å². The van der Waals surface area contributed by atoms with Gasteiger partial charge in [-0.25, -0.2) is 0 Å². The molecule has 1 N–H and O–H groups in total. The summed E-state index contributed by atoms with van der Waals surface area (Å²) in [4.78, 5) is 16.1. The van der Waals surface area contributed by atoms with Gasteiger partial charge in [-0.3, -0.25) is 9.78 Å². The molecule has 0 saturated carbocycles. The second kappa shape index (κ2) is 3.23. The number of carbonyl (C=O) groups excluding carboxylic acids is 1. The maximum absolute atomic E-state index is 12.1. The number of anilines is 1. The van der Waals surface area contributed by atoms with Crippen molar-refractivity contribution in [2.24, 2.45) is 0 Å². The number of nitrogens with one attached hydrogen (secondary N) is 1. The Morgan fingerprint density at radius 3 is 3.00 bits per heavy atom. The second-order valence-corrected chi connectivity index (χ2v) is 5.29. The third-order valence-electron chi connectivity index (χ3n) is 3.37. The van der Waals surface area contributed by atoms with Gasteiger partial charge in [0, 0.05) is 6.20 Å². The summed E-state index contributed by atoms with van der Waals surface area (Å²) in [7, 11) is 0. The number of hydrogen-bond acceptors (Lipinski definition) is 3. The van der Waals surface area contributed by atoms with Gasteiger partial charge in [-0.05, 0) is 36.0 Å². The van der Waals surface area contributed by atoms with Gasteiger partial charge in [0.1, 0.15) is 0 Å². The lowest BCUT2D eigenvalue weighted by Crippen LogP contribution is -2.37. The Morgan fingerprint density at radius 1 is 1.40 bits per heavy atom. The average Bonchev–Trinajstić information content (AvgIpc) is 2.55. The van der Waals surface area contributed by atoms with Gasteiger partial charge in [-0.1, -0.05) is 0 Å². The average molecular weight is 221 g/mol. The quantitative estimate of drug-likeness (QED) is 0.726. The summed E-state index contributed by atoms with van der Waals surface area (Å²) in [5.74, 6) is 2.33. The largest absolute Gasteiger partial charge is 0.324 e. The van der Waals surface area contributed by atoms with Crippen molar-refractivity contribution in [2.75, 3.05) is 16.8 Å². The summed E-state index contributed by atoms with van der Waals surface area (Å²) < 4.78 is 0. The molecule has 2 aliphatic rings. The third kappa shape index (κ3) is 1.21. The van der Waals surface area contributed by atoms with Gasteiger partial charge >= 0.3 is 0 Å². The summed E-state index contributed by atoms with van der Waals surface area (Å²) in [6, 6.07) is 1.99. The first kappa shape index (κ1) is 9.21. The summed E-state index contributed by atoms with van der Waals surface area (Å²) in [5.41, 5.74) is 1.82. The van der Waals surface area contributed by atoms with Gasteiger partial charge < -0.3 is 5.32 Å². The number of amides is 1. The predicted molar refractivity (Wildman–Crippen MR) is 61.1 cm³/mol. The van der Waals surface area contributed by atoms with Gasteiger partial charge in [0.15, 0.2) is 0 Å². The number of rotatable bonds is 0. The maximum atomic E-state index is 12.1. The molecule has 3 rings (SSSR count). The number of nitrogens with zero attached hydrogens (tertiary/aromatic N) is 1. The van der Waals surface area contributed by atoms with Crippen LogP contribution in [0.15, 0.2) is 18.5 Å². The van der Waals surface area contributed by atoms with Crippen LogP contribution in [0.2, 0.25) is 0 Å². The fourth-order valence-electron chi connectivity index (χ4n) is 2.49. The van der Waals surface area contributed by atoms with Crippen LogP contribution in [0, 0.1) is 0 Å². The van der Waals surface area contributed by atoms with Crippen molar-refractivity contribution in [1.82, 2.24) is 4.98 Å². The molecule has 1 aromatic heterocycles. The van der Waals surface area contributed by atoms with Gasteiger partial charge in [0.25, 0.3) is 0 Å². The van der Waals surface area contributed by atoms with Crippen molar-refractivity contribution in [1.29, 1.82) is 0 Å². The molecular weight excluding hydrogens is 209 g/mol. The minimum atomic E-state index is -0.247. The number of carbonyl (C=O) groups is 1. The van der Waals surface area contributed by atoms with E-state index >= 15 is 0 Å². The van der Waals surface area contributed by atoms with Crippen LogP contribution in [-0.2, 0) is 10.2 Å². The highest BCUT2D eigenvalue weighted by atomic mass is 32.2. The highest BCUT2D eigenvalue weighted by Crippen LogP contribution is 2.45. The number of thioether (sulfide) groups is 1. The van der Waals surface area contributed by atoms with E-state index in [0.29, 0.717) is 0 Å². The zero-order chi connectivity index (χ0) is 10.3. The van der Waals surface area contributed by atoms with Gasteiger partial charge in [-0.2, -0.15) is 11.8 Å². The smallest absolute Gasteiger partial charge is 0.235 e. The molecule has 0 atom stereocenters. The molecule has 4 heteroatoms.